The third-order valence-corrected chi connectivity index (χ3v) is 2.80. The number of hydrogen-bond acceptors (Lipinski definition) is 5. The van der Waals surface area contributed by atoms with Crippen molar-refractivity contribution in [2.24, 2.45) is 0 Å². The van der Waals surface area contributed by atoms with Crippen molar-refractivity contribution in [2.75, 3.05) is 31.2 Å². The summed E-state index contributed by atoms with van der Waals surface area (Å²) in [7, 11) is 5.66. The Kier molecular flexibility index (Phi) is 2.51. The van der Waals surface area contributed by atoms with E-state index in [0.29, 0.717) is 24.5 Å². The van der Waals surface area contributed by atoms with Crippen LogP contribution in [0.2, 0.25) is 0 Å². The quantitative estimate of drug-likeness (QED) is 0.652. The summed E-state index contributed by atoms with van der Waals surface area (Å²) in [4.78, 5) is 10.9. The number of aromatic nitrogens is 2. The van der Waals surface area contributed by atoms with Crippen LogP contribution in [0.4, 0.5) is 5.82 Å². The third-order valence-electron chi connectivity index (χ3n) is 2.80. The second-order valence-electron chi connectivity index (χ2n) is 4.06. The molecule has 17 heavy (non-hydrogen) atoms. The van der Waals surface area contributed by atoms with Crippen LogP contribution >= 0.6 is 0 Å². The standard InChI is InChI=1S/C11H12BN3O2/c1-7-13-8-6-9(12)17-10(8)11(14-7)15-2-4-16-5-3-15/h6H,2-5H2,1H3. The molecule has 1 aliphatic heterocycles. The molecule has 0 atom stereocenters. The Morgan fingerprint density at radius 3 is 2.82 bits per heavy atom. The monoisotopic (exact) mass is 229 g/mol. The highest BCUT2D eigenvalue weighted by molar-refractivity contribution is 6.31. The van der Waals surface area contributed by atoms with E-state index in [1.54, 1.807) is 6.07 Å². The van der Waals surface area contributed by atoms with Gasteiger partial charge in [-0.2, -0.15) is 0 Å². The number of aryl methyl sites for hydroxylation is 1. The van der Waals surface area contributed by atoms with Crippen LogP contribution in [0.25, 0.3) is 11.1 Å². The topological polar surface area (TPSA) is 51.4 Å². The summed E-state index contributed by atoms with van der Waals surface area (Å²) in [5, 5.41) is 0. The molecular formula is C11H12BN3O2. The van der Waals surface area contributed by atoms with Gasteiger partial charge in [-0.3, -0.25) is 0 Å². The van der Waals surface area contributed by atoms with Gasteiger partial charge in [-0.25, -0.2) is 9.97 Å². The molecule has 2 aromatic rings. The van der Waals surface area contributed by atoms with Crippen LogP contribution in [0.3, 0.4) is 0 Å². The first kappa shape index (κ1) is 10.6. The van der Waals surface area contributed by atoms with Gasteiger partial charge in [0.2, 0.25) is 0 Å². The van der Waals surface area contributed by atoms with Gasteiger partial charge in [-0.05, 0) is 13.0 Å². The van der Waals surface area contributed by atoms with Crippen molar-refractivity contribution < 1.29 is 9.15 Å². The van der Waals surface area contributed by atoms with Crippen molar-refractivity contribution in [1.82, 2.24) is 9.97 Å². The molecule has 0 saturated carbocycles. The highest BCUT2D eigenvalue weighted by Crippen LogP contribution is 2.24. The van der Waals surface area contributed by atoms with Crippen molar-refractivity contribution in [2.45, 2.75) is 6.92 Å². The Morgan fingerprint density at radius 1 is 1.29 bits per heavy atom. The molecule has 0 N–H and O–H groups in total. The number of hydrogen-bond donors (Lipinski definition) is 0. The summed E-state index contributed by atoms with van der Waals surface area (Å²) in [5.74, 6) is 1.53. The molecule has 6 heteroatoms. The van der Waals surface area contributed by atoms with Crippen molar-refractivity contribution in [3.63, 3.8) is 0 Å². The van der Waals surface area contributed by atoms with Gasteiger partial charge in [-0.1, -0.05) is 0 Å². The van der Waals surface area contributed by atoms with Crippen molar-refractivity contribution in [3.8, 4) is 0 Å². The zero-order valence-corrected chi connectivity index (χ0v) is 9.64. The lowest BCUT2D eigenvalue weighted by atomic mass is 10.1. The third kappa shape index (κ3) is 1.89. The highest BCUT2D eigenvalue weighted by Gasteiger charge is 2.19. The van der Waals surface area contributed by atoms with Gasteiger partial charge >= 0.3 is 0 Å². The Morgan fingerprint density at radius 2 is 2.06 bits per heavy atom. The summed E-state index contributed by atoms with van der Waals surface area (Å²) in [5.41, 5.74) is 1.79. The first-order valence-corrected chi connectivity index (χ1v) is 5.60. The molecule has 0 amide bonds. The van der Waals surface area contributed by atoms with Gasteiger partial charge in [-0.15, -0.1) is 0 Å². The van der Waals surface area contributed by atoms with E-state index in [1.165, 1.54) is 0 Å². The smallest absolute Gasteiger partial charge is 0.193 e. The summed E-state index contributed by atoms with van der Waals surface area (Å²) >= 11 is 0. The van der Waals surface area contributed by atoms with Crippen LogP contribution in [0.1, 0.15) is 5.82 Å². The highest BCUT2D eigenvalue weighted by atomic mass is 16.5. The number of furan rings is 1. The van der Waals surface area contributed by atoms with Gasteiger partial charge in [0.25, 0.3) is 0 Å². The predicted molar refractivity (Wildman–Crippen MR) is 65.0 cm³/mol. The average molecular weight is 229 g/mol. The summed E-state index contributed by atoms with van der Waals surface area (Å²) in [6.45, 7) is 4.91. The van der Waals surface area contributed by atoms with Crippen LogP contribution in [0.15, 0.2) is 10.5 Å². The molecule has 0 unspecified atom stereocenters. The number of rotatable bonds is 1. The second kappa shape index (κ2) is 4.03. The first-order valence-electron chi connectivity index (χ1n) is 5.60. The van der Waals surface area contributed by atoms with Gasteiger partial charge in [0.1, 0.15) is 11.3 Å². The Hall–Kier alpha value is -1.56. The summed E-state index contributed by atoms with van der Waals surface area (Å²) in [6.07, 6.45) is 0. The fraction of sp³-hybridized carbons (Fsp3) is 0.455. The van der Waals surface area contributed by atoms with E-state index in [-0.39, 0.29) is 0 Å². The van der Waals surface area contributed by atoms with Gasteiger partial charge in [0.05, 0.1) is 18.9 Å². The molecule has 0 aliphatic carbocycles. The first-order chi connectivity index (χ1) is 8.24. The van der Waals surface area contributed by atoms with E-state index in [9.17, 15) is 0 Å². The zero-order valence-electron chi connectivity index (χ0n) is 9.64. The Bertz CT molecular complexity index is 549. The lowest BCUT2D eigenvalue weighted by Crippen LogP contribution is -2.37. The largest absolute Gasteiger partial charge is 0.467 e. The molecular weight excluding hydrogens is 217 g/mol. The summed E-state index contributed by atoms with van der Waals surface area (Å²) in [6, 6.07) is 1.73. The number of nitrogens with zero attached hydrogens (tertiary/aromatic N) is 3. The molecule has 0 spiro atoms. The predicted octanol–water partition coefficient (Wildman–Crippen LogP) is 0.162. The number of ether oxygens (including phenoxy) is 1. The molecule has 0 bridgehead atoms. The van der Waals surface area contributed by atoms with Crippen LogP contribution < -0.4 is 10.6 Å². The van der Waals surface area contributed by atoms with E-state index in [1.807, 2.05) is 6.92 Å². The van der Waals surface area contributed by atoms with Gasteiger partial charge in [0.15, 0.2) is 19.2 Å². The fourth-order valence-electron chi connectivity index (χ4n) is 2.04. The van der Waals surface area contributed by atoms with Crippen molar-refractivity contribution in [1.29, 1.82) is 0 Å². The molecule has 1 saturated heterocycles. The van der Waals surface area contributed by atoms with E-state index in [0.717, 1.165) is 30.2 Å². The molecule has 3 heterocycles. The number of fused-ring (bicyclic) bond motifs is 1. The van der Waals surface area contributed by atoms with E-state index >= 15 is 0 Å². The van der Waals surface area contributed by atoms with Crippen LogP contribution in [-0.4, -0.2) is 44.1 Å². The normalized spacial score (nSPS) is 16.6. The van der Waals surface area contributed by atoms with Gasteiger partial charge < -0.3 is 14.1 Å². The fourth-order valence-corrected chi connectivity index (χ4v) is 2.04. The molecule has 1 aliphatic rings. The Balaban J connectivity index is 2.12. The second-order valence-corrected chi connectivity index (χ2v) is 4.06. The lowest BCUT2D eigenvalue weighted by molar-refractivity contribution is 0.122. The zero-order chi connectivity index (χ0) is 11.8. The van der Waals surface area contributed by atoms with E-state index in [4.69, 9.17) is 17.0 Å². The maximum atomic E-state index is 5.66. The van der Waals surface area contributed by atoms with Crippen molar-refractivity contribution >= 4 is 30.4 Å². The molecule has 86 valence electrons. The average Bonchev–Trinajstić information content (AvgIpc) is 2.69. The maximum absolute atomic E-state index is 5.66. The molecule has 2 radical (unpaired) electrons. The Labute approximate surface area is 100 Å². The minimum absolute atomic E-state index is 0.370. The van der Waals surface area contributed by atoms with Gasteiger partial charge in [0, 0.05) is 13.1 Å². The molecule has 5 nitrogen and oxygen atoms in total. The number of anilines is 1. The van der Waals surface area contributed by atoms with Crippen LogP contribution in [-0.2, 0) is 4.74 Å². The molecule has 2 aromatic heterocycles. The molecule has 3 rings (SSSR count). The van der Waals surface area contributed by atoms with Crippen LogP contribution in [0.5, 0.6) is 0 Å². The van der Waals surface area contributed by atoms with E-state index < -0.39 is 0 Å². The lowest BCUT2D eigenvalue weighted by Gasteiger charge is -2.27. The summed E-state index contributed by atoms with van der Waals surface area (Å²) < 4.78 is 10.8. The van der Waals surface area contributed by atoms with Crippen molar-refractivity contribution in [3.05, 3.63) is 11.9 Å². The maximum Gasteiger partial charge on any atom is 0.193 e. The van der Waals surface area contributed by atoms with Crippen LogP contribution in [0, 0.1) is 6.92 Å². The molecule has 0 aromatic carbocycles. The minimum atomic E-state index is 0.370. The minimum Gasteiger partial charge on any atom is -0.467 e. The number of morpholine rings is 1. The van der Waals surface area contributed by atoms with E-state index in [2.05, 4.69) is 14.9 Å². The molecule has 1 fully saturated rings. The SMILES string of the molecule is [B]c1cc2nc(C)nc(N3CCOCC3)c2o1.